The molecule has 0 aromatic rings. The maximum Gasteiger partial charge on any atom is 0.326 e. The first-order chi connectivity index (χ1) is 15.9. The van der Waals surface area contributed by atoms with Gasteiger partial charge < -0.3 is 43.6 Å². The first-order valence-corrected chi connectivity index (χ1v) is 11.1. The molecule has 0 aromatic heterocycles. The lowest BCUT2D eigenvalue weighted by Crippen LogP contribution is -2.58. The van der Waals surface area contributed by atoms with E-state index in [0.29, 0.717) is 19.4 Å². The fourth-order valence-electron chi connectivity index (χ4n) is 3.40. The first kappa shape index (κ1) is 28.6. The number of carboxylic acids is 1. The number of guanidine groups is 1. The second-order valence-electron chi connectivity index (χ2n) is 8.46. The number of amides is 4. The summed E-state index contributed by atoms with van der Waals surface area (Å²) in [7, 11) is 0. The summed E-state index contributed by atoms with van der Waals surface area (Å²) in [6.45, 7) is 4.17. The molecule has 1 saturated heterocycles. The Hall–Kier alpha value is -3.42. The summed E-state index contributed by atoms with van der Waals surface area (Å²) < 4.78 is 0. The molecule has 0 aromatic carbocycles. The number of rotatable bonds is 14. The fourth-order valence-corrected chi connectivity index (χ4v) is 3.40. The molecule has 4 atom stereocenters. The van der Waals surface area contributed by atoms with Gasteiger partial charge >= 0.3 is 5.97 Å². The molecule has 0 radical (unpaired) electrons. The number of carboxylic acid groups (broad SMARTS) is 1. The van der Waals surface area contributed by atoms with Crippen molar-refractivity contribution in [1.29, 1.82) is 0 Å². The highest BCUT2D eigenvalue weighted by Crippen LogP contribution is 2.08. The smallest absolute Gasteiger partial charge is 0.326 e. The van der Waals surface area contributed by atoms with Gasteiger partial charge in [-0.05, 0) is 38.1 Å². The van der Waals surface area contributed by atoms with E-state index in [2.05, 4.69) is 26.3 Å². The van der Waals surface area contributed by atoms with Crippen molar-refractivity contribution in [2.45, 2.75) is 70.1 Å². The van der Waals surface area contributed by atoms with Gasteiger partial charge in [0.2, 0.25) is 23.6 Å². The average molecular weight is 485 g/mol. The highest BCUT2D eigenvalue weighted by atomic mass is 16.4. The number of aliphatic carboxylic acids is 1. The van der Waals surface area contributed by atoms with E-state index in [0.717, 1.165) is 6.42 Å². The molecule has 0 bridgehead atoms. The van der Waals surface area contributed by atoms with E-state index in [-0.39, 0.29) is 18.9 Å². The third kappa shape index (κ3) is 10.0. The average Bonchev–Trinajstić information content (AvgIpc) is 3.27. The Balaban J connectivity index is 2.84. The Morgan fingerprint density at radius 2 is 1.71 bits per heavy atom. The van der Waals surface area contributed by atoms with Crippen molar-refractivity contribution in [2.24, 2.45) is 28.1 Å². The summed E-state index contributed by atoms with van der Waals surface area (Å²) >= 11 is 0. The zero-order valence-electron chi connectivity index (χ0n) is 19.5. The van der Waals surface area contributed by atoms with Crippen molar-refractivity contribution < 1.29 is 29.1 Å². The summed E-state index contributed by atoms with van der Waals surface area (Å²) in [5.74, 6) is -4.57. The van der Waals surface area contributed by atoms with Gasteiger partial charge in [0.25, 0.3) is 0 Å². The summed E-state index contributed by atoms with van der Waals surface area (Å²) in [5.41, 5.74) is 15.7. The van der Waals surface area contributed by atoms with Crippen LogP contribution in [0.4, 0.5) is 0 Å². The van der Waals surface area contributed by atoms with Crippen molar-refractivity contribution in [3.8, 4) is 0 Å². The van der Waals surface area contributed by atoms with Gasteiger partial charge in [0.05, 0.1) is 12.5 Å². The van der Waals surface area contributed by atoms with Crippen LogP contribution in [0.25, 0.3) is 0 Å². The third-order valence-corrected chi connectivity index (χ3v) is 5.22. The molecule has 1 aliphatic rings. The van der Waals surface area contributed by atoms with E-state index in [9.17, 15) is 29.1 Å². The van der Waals surface area contributed by atoms with Gasteiger partial charge in [-0.2, -0.15) is 0 Å². The van der Waals surface area contributed by atoms with E-state index in [4.69, 9.17) is 17.2 Å². The predicted molar refractivity (Wildman–Crippen MR) is 123 cm³/mol. The molecule has 1 aliphatic heterocycles. The Morgan fingerprint density at radius 3 is 2.21 bits per heavy atom. The van der Waals surface area contributed by atoms with Crippen LogP contribution in [0.2, 0.25) is 0 Å². The van der Waals surface area contributed by atoms with Crippen molar-refractivity contribution in [3.63, 3.8) is 0 Å². The second-order valence-corrected chi connectivity index (χ2v) is 8.46. The highest BCUT2D eigenvalue weighted by Gasteiger charge is 2.33. The normalized spacial score (nSPS) is 17.8. The highest BCUT2D eigenvalue weighted by molar-refractivity contribution is 5.96. The lowest BCUT2D eigenvalue weighted by molar-refractivity contribution is -0.143. The predicted octanol–water partition coefficient (Wildman–Crippen LogP) is -3.14. The topological polar surface area (TPSA) is 244 Å². The van der Waals surface area contributed by atoms with Gasteiger partial charge in [-0.3, -0.25) is 24.2 Å². The number of carbonyl (C=O) groups excluding carboxylic acids is 4. The number of hydrogen-bond donors (Lipinski definition) is 8. The number of nitrogens with zero attached hydrogens (tertiary/aromatic N) is 1. The standard InChI is InChI=1S/C20H36N8O6/c1-10(2)15(18(32)26-12(19(33)34)6-4-8-25-20(22)23)28-17(31)13(9-14(21)29)27-16(30)11-5-3-7-24-11/h10-13,15,24H,3-9H2,1-2H3,(H2,21,29)(H,26,32)(H,27,30)(H,28,31)(H,33,34)(H4,22,23,25). The third-order valence-electron chi connectivity index (χ3n) is 5.22. The zero-order chi connectivity index (χ0) is 25.8. The van der Waals surface area contributed by atoms with Crippen LogP contribution >= 0.6 is 0 Å². The molecule has 192 valence electrons. The van der Waals surface area contributed by atoms with Crippen molar-refractivity contribution >= 4 is 35.6 Å². The largest absolute Gasteiger partial charge is 0.480 e. The van der Waals surface area contributed by atoms with E-state index < -0.39 is 66.1 Å². The van der Waals surface area contributed by atoms with Gasteiger partial charge in [-0.25, -0.2) is 4.79 Å². The summed E-state index contributed by atoms with van der Waals surface area (Å²) in [6.07, 6.45) is 1.30. The number of primary amides is 1. The SMILES string of the molecule is CC(C)C(NC(=O)C(CC(N)=O)NC(=O)C1CCCN1)C(=O)NC(CCCN=C(N)N)C(=O)O. The molecule has 0 spiro atoms. The lowest BCUT2D eigenvalue weighted by atomic mass is 10.0. The molecule has 34 heavy (non-hydrogen) atoms. The lowest BCUT2D eigenvalue weighted by Gasteiger charge is -2.26. The number of nitrogens with one attached hydrogen (secondary N) is 4. The van der Waals surface area contributed by atoms with Crippen molar-refractivity contribution in [2.75, 3.05) is 13.1 Å². The summed E-state index contributed by atoms with van der Waals surface area (Å²) in [4.78, 5) is 64.9. The molecule has 11 N–H and O–H groups in total. The number of hydrogen-bond acceptors (Lipinski definition) is 7. The molecule has 4 unspecified atom stereocenters. The van der Waals surface area contributed by atoms with Gasteiger partial charge in [-0.1, -0.05) is 13.8 Å². The maximum atomic E-state index is 12.9. The molecule has 1 rings (SSSR count). The van der Waals surface area contributed by atoms with Crippen LogP contribution in [0, 0.1) is 5.92 Å². The summed E-state index contributed by atoms with van der Waals surface area (Å²) in [5, 5.41) is 19.8. The number of nitrogens with two attached hydrogens (primary N) is 3. The molecular weight excluding hydrogens is 448 g/mol. The Morgan fingerprint density at radius 1 is 1.03 bits per heavy atom. The van der Waals surface area contributed by atoms with Crippen LogP contribution in [0.1, 0.15) is 46.0 Å². The van der Waals surface area contributed by atoms with Crippen LogP contribution < -0.4 is 38.5 Å². The minimum Gasteiger partial charge on any atom is -0.480 e. The summed E-state index contributed by atoms with van der Waals surface area (Å²) in [6, 6.07) is -4.11. The fraction of sp³-hybridized carbons (Fsp3) is 0.700. The van der Waals surface area contributed by atoms with E-state index in [1.165, 1.54) is 0 Å². The Labute approximate surface area is 197 Å². The zero-order valence-corrected chi connectivity index (χ0v) is 19.5. The monoisotopic (exact) mass is 484 g/mol. The first-order valence-electron chi connectivity index (χ1n) is 11.1. The van der Waals surface area contributed by atoms with Gasteiger partial charge in [0, 0.05) is 6.54 Å². The maximum absolute atomic E-state index is 12.9. The van der Waals surface area contributed by atoms with Crippen LogP contribution in [0.5, 0.6) is 0 Å². The van der Waals surface area contributed by atoms with Crippen LogP contribution in [0.3, 0.4) is 0 Å². The van der Waals surface area contributed by atoms with E-state index >= 15 is 0 Å². The number of aliphatic imine (C=N–C) groups is 1. The minimum absolute atomic E-state index is 0.0609. The molecule has 0 saturated carbocycles. The minimum atomic E-state index is -1.28. The molecular formula is C20H36N8O6. The molecule has 1 fully saturated rings. The van der Waals surface area contributed by atoms with E-state index in [1.54, 1.807) is 13.8 Å². The van der Waals surface area contributed by atoms with Crippen LogP contribution in [-0.4, -0.2) is 77.9 Å². The van der Waals surface area contributed by atoms with Crippen LogP contribution in [-0.2, 0) is 24.0 Å². The van der Waals surface area contributed by atoms with Crippen molar-refractivity contribution in [1.82, 2.24) is 21.3 Å². The Kier molecular flexibility index (Phi) is 11.8. The van der Waals surface area contributed by atoms with Crippen LogP contribution in [0.15, 0.2) is 4.99 Å². The van der Waals surface area contributed by atoms with Crippen molar-refractivity contribution in [3.05, 3.63) is 0 Å². The molecule has 1 heterocycles. The Bertz CT molecular complexity index is 777. The molecule has 14 heteroatoms. The van der Waals surface area contributed by atoms with E-state index in [1.807, 2.05) is 0 Å². The molecule has 0 aliphatic carbocycles. The van der Waals surface area contributed by atoms with Gasteiger partial charge in [-0.15, -0.1) is 0 Å². The second kappa shape index (κ2) is 14.0. The van der Waals surface area contributed by atoms with Gasteiger partial charge in [0.15, 0.2) is 5.96 Å². The molecule has 4 amide bonds. The quantitative estimate of drug-likeness (QED) is 0.0704. The number of carbonyl (C=O) groups is 5. The van der Waals surface area contributed by atoms with Gasteiger partial charge in [0.1, 0.15) is 18.1 Å². The molecule has 14 nitrogen and oxygen atoms in total.